The third-order valence-electron chi connectivity index (χ3n) is 5.95. The van der Waals surface area contributed by atoms with Crippen molar-refractivity contribution in [3.8, 4) is 5.75 Å². The Balaban J connectivity index is 1.29. The molecule has 1 unspecified atom stereocenters. The van der Waals surface area contributed by atoms with Crippen LogP contribution in [0.1, 0.15) is 42.0 Å². The molecule has 0 amide bonds. The Morgan fingerprint density at radius 2 is 1.90 bits per heavy atom. The van der Waals surface area contributed by atoms with Gasteiger partial charge in [-0.05, 0) is 79.3 Å². The monoisotopic (exact) mass is 448 g/mol. The first kappa shape index (κ1) is 18.6. The van der Waals surface area contributed by atoms with Crippen LogP contribution in [0.4, 0.5) is 0 Å². The number of fused-ring (bicyclic) bond motifs is 3. The molecule has 1 aliphatic rings. The van der Waals surface area contributed by atoms with Gasteiger partial charge in [-0.2, -0.15) is 0 Å². The fraction of sp³-hybridized carbons (Fsp3) is 0.280. The lowest BCUT2D eigenvalue weighted by Gasteiger charge is -2.23. The second-order valence-corrected chi connectivity index (χ2v) is 8.76. The van der Waals surface area contributed by atoms with E-state index in [-0.39, 0.29) is 0 Å². The van der Waals surface area contributed by atoms with Gasteiger partial charge >= 0.3 is 0 Å². The van der Waals surface area contributed by atoms with Crippen LogP contribution in [-0.2, 0) is 13.0 Å². The van der Waals surface area contributed by atoms with Gasteiger partial charge in [0.25, 0.3) is 0 Å². The van der Waals surface area contributed by atoms with E-state index in [9.17, 15) is 0 Å². The molecule has 0 spiro atoms. The number of nitrogens with zero attached hydrogens (tertiary/aromatic N) is 1. The molecule has 5 rings (SSSR count). The van der Waals surface area contributed by atoms with Crippen molar-refractivity contribution in [3.05, 3.63) is 88.3 Å². The van der Waals surface area contributed by atoms with Gasteiger partial charge in [0.2, 0.25) is 0 Å². The van der Waals surface area contributed by atoms with Crippen LogP contribution >= 0.6 is 15.9 Å². The SMILES string of the molecule is Brc1ccc2[nH]c3c(c2c1)CCCC3c1ccc(OCCCn2cccc2)cc1. The molecule has 29 heavy (non-hydrogen) atoms. The number of hydrogen-bond donors (Lipinski definition) is 1. The number of aromatic amines is 1. The minimum atomic E-state index is 0.438. The zero-order valence-corrected chi connectivity index (χ0v) is 18.0. The Kier molecular flexibility index (Phi) is 5.19. The predicted octanol–water partition coefficient (Wildman–Crippen LogP) is 6.67. The first-order chi connectivity index (χ1) is 14.3. The molecule has 0 radical (unpaired) electrons. The topological polar surface area (TPSA) is 29.9 Å². The molecule has 3 nitrogen and oxygen atoms in total. The van der Waals surface area contributed by atoms with Crippen LogP contribution < -0.4 is 4.74 Å². The summed E-state index contributed by atoms with van der Waals surface area (Å²) in [5.41, 5.74) is 5.50. The lowest BCUT2D eigenvalue weighted by Crippen LogP contribution is -2.10. The second kappa shape index (κ2) is 8.11. The number of rotatable bonds is 6. The van der Waals surface area contributed by atoms with E-state index in [0.717, 1.165) is 36.2 Å². The van der Waals surface area contributed by atoms with Crippen molar-refractivity contribution in [2.45, 2.75) is 38.1 Å². The molecule has 148 valence electrons. The highest BCUT2D eigenvalue weighted by Gasteiger charge is 2.25. The second-order valence-electron chi connectivity index (χ2n) is 7.84. The molecular weight excluding hydrogens is 424 g/mol. The maximum absolute atomic E-state index is 5.95. The standard InChI is InChI=1S/C25H25BrN2O/c26-19-9-12-24-23(17-19)22-6-3-5-21(25(22)27-24)18-7-10-20(11-8-18)29-16-4-15-28-13-1-2-14-28/h1-2,7-14,17,21,27H,3-6,15-16H2. The molecule has 4 heteroatoms. The van der Waals surface area contributed by atoms with E-state index in [1.807, 2.05) is 0 Å². The van der Waals surface area contributed by atoms with Crippen LogP contribution in [-0.4, -0.2) is 16.2 Å². The first-order valence-corrected chi connectivity index (χ1v) is 11.2. The van der Waals surface area contributed by atoms with Crippen LogP contribution in [0.5, 0.6) is 5.75 Å². The van der Waals surface area contributed by atoms with E-state index >= 15 is 0 Å². The normalized spacial score (nSPS) is 16.1. The summed E-state index contributed by atoms with van der Waals surface area (Å²) in [6, 6.07) is 19.4. The molecule has 1 aliphatic carbocycles. The molecule has 0 saturated heterocycles. The number of benzene rings is 2. The lowest BCUT2D eigenvalue weighted by molar-refractivity contribution is 0.302. The summed E-state index contributed by atoms with van der Waals surface area (Å²) in [5, 5.41) is 1.36. The summed E-state index contributed by atoms with van der Waals surface area (Å²) in [6.07, 6.45) is 8.77. The fourth-order valence-electron chi connectivity index (χ4n) is 4.52. The summed E-state index contributed by atoms with van der Waals surface area (Å²) in [5.74, 6) is 1.39. The largest absolute Gasteiger partial charge is 0.494 e. The number of nitrogens with one attached hydrogen (secondary N) is 1. The van der Waals surface area contributed by atoms with E-state index < -0.39 is 0 Å². The molecule has 4 aromatic rings. The van der Waals surface area contributed by atoms with Gasteiger partial charge < -0.3 is 14.3 Å². The molecule has 2 aromatic carbocycles. The van der Waals surface area contributed by atoms with E-state index in [1.165, 1.54) is 40.6 Å². The number of halogens is 1. The first-order valence-electron chi connectivity index (χ1n) is 10.4. The van der Waals surface area contributed by atoms with Crippen molar-refractivity contribution >= 4 is 26.8 Å². The van der Waals surface area contributed by atoms with Crippen LogP contribution in [0, 0.1) is 0 Å². The highest BCUT2D eigenvalue weighted by molar-refractivity contribution is 9.10. The zero-order valence-electron chi connectivity index (χ0n) is 16.4. The van der Waals surface area contributed by atoms with Crippen molar-refractivity contribution in [1.29, 1.82) is 0 Å². The minimum absolute atomic E-state index is 0.438. The van der Waals surface area contributed by atoms with Crippen LogP contribution in [0.2, 0.25) is 0 Å². The number of hydrogen-bond acceptors (Lipinski definition) is 1. The molecule has 1 atom stereocenters. The van der Waals surface area contributed by atoms with E-state index in [4.69, 9.17) is 4.74 Å². The summed E-state index contributed by atoms with van der Waals surface area (Å²) in [6.45, 7) is 1.73. The molecule has 1 N–H and O–H groups in total. The van der Waals surface area contributed by atoms with E-state index in [2.05, 4.69) is 92.5 Å². The number of aromatic nitrogens is 2. The maximum atomic E-state index is 5.95. The molecule has 2 aromatic heterocycles. The Morgan fingerprint density at radius 3 is 2.72 bits per heavy atom. The number of ether oxygens (including phenoxy) is 1. The Bertz CT molecular complexity index is 1100. The van der Waals surface area contributed by atoms with Crippen LogP contribution in [0.15, 0.2) is 71.5 Å². The molecule has 0 fully saturated rings. The van der Waals surface area contributed by atoms with Crippen molar-refractivity contribution in [1.82, 2.24) is 9.55 Å². The van der Waals surface area contributed by atoms with Gasteiger partial charge in [-0.3, -0.25) is 0 Å². The average Bonchev–Trinajstić information content (AvgIpc) is 3.39. The van der Waals surface area contributed by atoms with E-state index in [0.29, 0.717) is 5.92 Å². The van der Waals surface area contributed by atoms with Gasteiger partial charge in [0.05, 0.1) is 6.61 Å². The van der Waals surface area contributed by atoms with Gasteiger partial charge in [0.15, 0.2) is 0 Å². The van der Waals surface area contributed by atoms with Gasteiger partial charge in [-0.25, -0.2) is 0 Å². The minimum Gasteiger partial charge on any atom is -0.494 e. The fourth-order valence-corrected chi connectivity index (χ4v) is 4.88. The lowest BCUT2D eigenvalue weighted by atomic mass is 9.82. The highest BCUT2D eigenvalue weighted by atomic mass is 79.9. The van der Waals surface area contributed by atoms with Crippen LogP contribution in [0.25, 0.3) is 10.9 Å². The van der Waals surface area contributed by atoms with Gasteiger partial charge in [0, 0.05) is 45.9 Å². The van der Waals surface area contributed by atoms with Gasteiger partial charge in [0.1, 0.15) is 5.75 Å². The molecular formula is C25H25BrN2O. The van der Waals surface area contributed by atoms with Gasteiger partial charge in [-0.1, -0.05) is 28.1 Å². The molecule has 2 heterocycles. The van der Waals surface area contributed by atoms with Gasteiger partial charge in [-0.15, -0.1) is 0 Å². The summed E-state index contributed by atoms with van der Waals surface area (Å²) < 4.78 is 9.28. The smallest absolute Gasteiger partial charge is 0.119 e. The van der Waals surface area contributed by atoms with Crippen molar-refractivity contribution in [2.75, 3.05) is 6.61 Å². The predicted molar refractivity (Wildman–Crippen MR) is 122 cm³/mol. The van der Waals surface area contributed by atoms with Crippen molar-refractivity contribution < 1.29 is 4.74 Å². The molecule has 0 saturated carbocycles. The van der Waals surface area contributed by atoms with Crippen molar-refractivity contribution in [3.63, 3.8) is 0 Å². The summed E-state index contributed by atoms with van der Waals surface area (Å²) in [7, 11) is 0. The van der Waals surface area contributed by atoms with Crippen LogP contribution in [0.3, 0.4) is 0 Å². The van der Waals surface area contributed by atoms with E-state index in [1.54, 1.807) is 0 Å². The molecule has 0 aliphatic heterocycles. The third kappa shape index (κ3) is 3.86. The zero-order chi connectivity index (χ0) is 19.6. The molecule has 0 bridgehead atoms. The van der Waals surface area contributed by atoms with Crippen molar-refractivity contribution in [2.24, 2.45) is 0 Å². The summed E-state index contributed by atoms with van der Waals surface area (Å²) in [4.78, 5) is 3.71. The average molecular weight is 449 g/mol. The highest BCUT2D eigenvalue weighted by Crippen LogP contribution is 2.40. The maximum Gasteiger partial charge on any atom is 0.119 e. The number of aryl methyl sites for hydroxylation is 2. The quantitative estimate of drug-likeness (QED) is 0.328. The third-order valence-corrected chi connectivity index (χ3v) is 6.44. The Hall–Kier alpha value is -2.46. The Morgan fingerprint density at radius 1 is 1.07 bits per heavy atom. The Labute approximate surface area is 179 Å². The summed E-state index contributed by atoms with van der Waals surface area (Å²) >= 11 is 3.62. The number of H-pyrrole nitrogens is 1.